The summed E-state index contributed by atoms with van der Waals surface area (Å²) < 4.78 is 6.04. The summed E-state index contributed by atoms with van der Waals surface area (Å²) in [6.45, 7) is 5.26. The summed E-state index contributed by atoms with van der Waals surface area (Å²) in [5.74, 6) is 0.113. The van der Waals surface area contributed by atoms with Gasteiger partial charge in [-0.1, -0.05) is 23.7 Å². The van der Waals surface area contributed by atoms with E-state index in [9.17, 15) is 4.79 Å². The van der Waals surface area contributed by atoms with Crippen LogP contribution in [-0.2, 0) is 4.79 Å². The van der Waals surface area contributed by atoms with Crippen LogP contribution in [0.3, 0.4) is 0 Å². The van der Waals surface area contributed by atoms with Crippen molar-refractivity contribution in [1.29, 1.82) is 0 Å². The van der Waals surface area contributed by atoms with Gasteiger partial charge in [0, 0.05) is 57.2 Å². The van der Waals surface area contributed by atoms with Crippen LogP contribution in [-0.4, -0.2) is 58.0 Å². The number of likely N-dealkylation sites (tertiary alicyclic amines) is 1. The number of rotatable bonds is 4. The number of nitrogens with zero attached hydrogens (tertiary/aromatic N) is 4. The Bertz CT molecular complexity index is 1100. The number of fused-ring (bicyclic) bond motifs is 1. The number of ether oxygens (including phenoxy) is 1. The van der Waals surface area contributed by atoms with Crippen molar-refractivity contribution < 1.29 is 9.53 Å². The third-order valence-corrected chi connectivity index (χ3v) is 6.72. The molecule has 2 saturated heterocycles. The van der Waals surface area contributed by atoms with Crippen LogP contribution in [0.15, 0.2) is 30.3 Å². The number of piperidine rings is 2. The first-order valence-electron chi connectivity index (χ1n) is 11.4. The maximum absolute atomic E-state index is 11.5. The van der Waals surface area contributed by atoms with Gasteiger partial charge in [-0.3, -0.25) is 4.79 Å². The number of aromatic amines is 1. The lowest BCUT2D eigenvalue weighted by Crippen LogP contribution is -2.40. The van der Waals surface area contributed by atoms with Crippen molar-refractivity contribution >= 4 is 34.4 Å². The van der Waals surface area contributed by atoms with Gasteiger partial charge >= 0.3 is 0 Å². The molecule has 1 aromatic carbocycles. The predicted octanol–water partition coefficient (Wildman–Crippen LogP) is 4.66. The normalized spacial score (nSPS) is 17.7. The van der Waals surface area contributed by atoms with E-state index in [0.717, 1.165) is 42.7 Å². The minimum absolute atomic E-state index is 0.0310. The van der Waals surface area contributed by atoms with Crippen molar-refractivity contribution in [3.63, 3.8) is 0 Å². The Kier molecular flexibility index (Phi) is 5.91. The molecule has 1 N–H and O–H groups in total. The summed E-state index contributed by atoms with van der Waals surface area (Å²) >= 11 is 6.57. The van der Waals surface area contributed by atoms with Gasteiger partial charge in [-0.25, -0.2) is 4.98 Å². The van der Waals surface area contributed by atoms with Crippen molar-refractivity contribution in [2.24, 2.45) is 0 Å². The number of nitrogens with one attached hydrogen (secondary N) is 1. The fraction of sp³-hybridized carbons (Fsp3) is 0.458. The first-order valence-corrected chi connectivity index (χ1v) is 11.8. The van der Waals surface area contributed by atoms with E-state index in [4.69, 9.17) is 21.3 Å². The molecule has 8 heteroatoms. The molecule has 1 amide bonds. The summed E-state index contributed by atoms with van der Waals surface area (Å²) in [6, 6.07) is 10.8. The molecule has 0 bridgehead atoms. The molecule has 3 aromatic rings. The van der Waals surface area contributed by atoms with E-state index in [-0.39, 0.29) is 12.0 Å². The molecule has 0 spiro atoms. The largest absolute Gasteiger partial charge is 0.461 e. The second-order valence-electron chi connectivity index (χ2n) is 8.65. The van der Waals surface area contributed by atoms with Gasteiger partial charge in [-0.15, -0.1) is 0 Å². The van der Waals surface area contributed by atoms with Gasteiger partial charge in [-0.05, 0) is 37.5 Å². The molecule has 168 valence electrons. The van der Waals surface area contributed by atoms with Gasteiger partial charge in [0.25, 0.3) is 6.01 Å². The maximum Gasteiger partial charge on any atom is 0.296 e. The van der Waals surface area contributed by atoms with Crippen molar-refractivity contribution in [2.45, 2.75) is 45.1 Å². The van der Waals surface area contributed by atoms with Crippen molar-refractivity contribution in [1.82, 2.24) is 19.9 Å². The van der Waals surface area contributed by atoms with Crippen molar-refractivity contribution in [3.05, 3.63) is 35.4 Å². The molecule has 2 aliphatic rings. The Labute approximate surface area is 192 Å². The molecule has 4 heterocycles. The Morgan fingerprint density at radius 2 is 1.78 bits per heavy atom. The number of carbonyl (C=O) groups excluding carboxylic acids is 1. The van der Waals surface area contributed by atoms with E-state index in [1.165, 1.54) is 24.9 Å². The summed E-state index contributed by atoms with van der Waals surface area (Å²) in [7, 11) is 0. The second-order valence-corrected chi connectivity index (χ2v) is 9.06. The van der Waals surface area contributed by atoms with Crippen LogP contribution < -0.4 is 9.64 Å². The van der Waals surface area contributed by atoms with E-state index < -0.39 is 0 Å². The number of amides is 1. The molecular weight excluding hydrogens is 426 g/mol. The number of hydrogen-bond acceptors (Lipinski definition) is 5. The average molecular weight is 454 g/mol. The fourth-order valence-electron chi connectivity index (χ4n) is 4.58. The van der Waals surface area contributed by atoms with Gasteiger partial charge in [0.1, 0.15) is 6.10 Å². The zero-order valence-corrected chi connectivity index (χ0v) is 19.1. The van der Waals surface area contributed by atoms with Gasteiger partial charge in [0.2, 0.25) is 5.91 Å². The first-order chi connectivity index (χ1) is 15.6. The number of imidazole rings is 1. The molecule has 0 atom stereocenters. The van der Waals surface area contributed by atoms with Crippen LogP contribution in [0.25, 0.3) is 22.4 Å². The monoisotopic (exact) mass is 453 g/mol. The lowest BCUT2D eigenvalue weighted by Gasteiger charge is -2.30. The zero-order valence-electron chi connectivity index (χ0n) is 18.3. The first kappa shape index (κ1) is 21.1. The van der Waals surface area contributed by atoms with Crippen LogP contribution in [0.5, 0.6) is 6.01 Å². The quantitative estimate of drug-likeness (QED) is 0.622. The summed E-state index contributed by atoms with van der Waals surface area (Å²) in [4.78, 5) is 28.2. The molecule has 2 fully saturated rings. The number of benzene rings is 1. The predicted molar refractivity (Wildman–Crippen MR) is 126 cm³/mol. The molecule has 5 rings (SSSR count). The van der Waals surface area contributed by atoms with Crippen LogP contribution in [0.1, 0.15) is 39.0 Å². The maximum atomic E-state index is 11.5. The van der Waals surface area contributed by atoms with Crippen LogP contribution in [0.4, 0.5) is 5.69 Å². The highest BCUT2D eigenvalue weighted by Crippen LogP contribution is 2.31. The smallest absolute Gasteiger partial charge is 0.296 e. The van der Waals surface area contributed by atoms with Gasteiger partial charge in [0.05, 0.1) is 16.2 Å². The molecule has 0 radical (unpaired) electrons. The number of aromatic nitrogens is 3. The third-order valence-electron chi connectivity index (χ3n) is 6.43. The number of halogens is 1. The standard InChI is InChI=1S/C24H28ClN5O2/c1-16(31)29-13-9-19(10-14-29)32-24-26-21-15-20(25)22(27-23(21)28-24)17-5-7-18(8-6-17)30-11-3-2-4-12-30/h5-8,15,19H,2-4,9-14H2,1H3,(H,26,27,28). The van der Waals surface area contributed by atoms with E-state index in [0.29, 0.717) is 29.8 Å². The number of pyridine rings is 1. The van der Waals surface area contributed by atoms with Crippen LogP contribution in [0, 0.1) is 0 Å². The Morgan fingerprint density at radius 1 is 1.06 bits per heavy atom. The SMILES string of the molecule is CC(=O)N1CCC(Oc2nc3nc(-c4ccc(N5CCCCC5)cc4)c(Cl)cc3[nH]2)CC1. The second kappa shape index (κ2) is 8.98. The third kappa shape index (κ3) is 4.39. The highest BCUT2D eigenvalue weighted by molar-refractivity contribution is 6.33. The number of carbonyl (C=O) groups is 1. The minimum atomic E-state index is 0.0310. The average Bonchev–Trinajstić information content (AvgIpc) is 3.20. The van der Waals surface area contributed by atoms with Crippen LogP contribution >= 0.6 is 11.6 Å². The Hall–Kier alpha value is -2.80. The lowest BCUT2D eigenvalue weighted by molar-refractivity contribution is -0.130. The Morgan fingerprint density at radius 3 is 2.47 bits per heavy atom. The summed E-state index contributed by atoms with van der Waals surface area (Å²) in [5, 5.41) is 0.577. The van der Waals surface area contributed by atoms with Gasteiger partial charge in [0.15, 0.2) is 5.65 Å². The molecule has 0 saturated carbocycles. The summed E-state index contributed by atoms with van der Waals surface area (Å²) in [6.07, 6.45) is 5.44. The number of hydrogen-bond donors (Lipinski definition) is 1. The van der Waals surface area contributed by atoms with E-state index in [1.807, 2.05) is 11.0 Å². The molecule has 7 nitrogen and oxygen atoms in total. The fourth-order valence-corrected chi connectivity index (χ4v) is 4.84. The van der Waals surface area contributed by atoms with E-state index >= 15 is 0 Å². The van der Waals surface area contributed by atoms with Gasteiger partial charge in [-0.2, -0.15) is 4.98 Å². The number of anilines is 1. The summed E-state index contributed by atoms with van der Waals surface area (Å²) in [5.41, 5.74) is 4.27. The molecule has 2 aliphatic heterocycles. The highest BCUT2D eigenvalue weighted by atomic mass is 35.5. The Balaban J connectivity index is 1.32. The zero-order chi connectivity index (χ0) is 22.1. The molecule has 0 unspecified atom stereocenters. The highest BCUT2D eigenvalue weighted by Gasteiger charge is 2.23. The van der Waals surface area contributed by atoms with Crippen LogP contribution in [0.2, 0.25) is 5.02 Å². The molecule has 2 aromatic heterocycles. The lowest BCUT2D eigenvalue weighted by atomic mass is 10.1. The minimum Gasteiger partial charge on any atom is -0.461 e. The van der Waals surface area contributed by atoms with Crippen molar-refractivity contribution in [3.8, 4) is 17.3 Å². The molecular formula is C24H28ClN5O2. The van der Waals surface area contributed by atoms with E-state index in [2.05, 4.69) is 39.1 Å². The topological polar surface area (TPSA) is 74.4 Å². The molecule has 32 heavy (non-hydrogen) atoms. The van der Waals surface area contributed by atoms with E-state index in [1.54, 1.807) is 6.92 Å². The number of H-pyrrole nitrogens is 1. The molecule has 0 aliphatic carbocycles. The van der Waals surface area contributed by atoms with Gasteiger partial charge < -0.3 is 19.5 Å². The van der Waals surface area contributed by atoms with Crippen molar-refractivity contribution in [2.75, 3.05) is 31.1 Å².